The third kappa shape index (κ3) is 7.33. The summed E-state index contributed by atoms with van der Waals surface area (Å²) in [4.78, 5) is 46.5. The molecule has 8 aromatic carbocycles. The first-order chi connectivity index (χ1) is 28.0. The fourth-order valence-electron chi connectivity index (χ4n) is 7.26. The molecule has 0 heterocycles. The Balaban J connectivity index is 1.30. The van der Waals surface area contributed by atoms with Crippen LogP contribution in [0.3, 0.4) is 0 Å². The molecule has 0 aliphatic rings. The van der Waals surface area contributed by atoms with Crippen LogP contribution < -0.4 is 0 Å². The molecule has 0 saturated carbocycles. The van der Waals surface area contributed by atoms with Crippen LogP contribution in [-0.4, -0.2) is 44.3 Å². The summed E-state index contributed by atoms with van der Waals surface area (Å²) >= 11 is 0. The maximum Gasteiger partial charge on any atom is 0.335 e. The Bertz CT molecular complexity index is 2560. The van der Waals surface area contributed by atoms with Crippen molar-refractivity contribution in [3.63, 3.8) is 0 Å². The second-order valence-electron chi connectivity index (χ2n) is 13.8. The van der Waals surface area contributed by atoms with Gasteiger partial charge in [-0.2, -0.15) is 0 Å². The van der Waals surface area contributed by atoms with Gasteiger partial charge in [0.15, 0.2) is 0 Å². The first-order valence-corrected chi connectivity index (χ1v) is 18.2. The van der Waals surface area contributed by atoms with Gasteiger partial charge in [-0.3, -0.25) is 0 Å². The molecule has 280 valence electrons. The summed E-state index contributed by atoms with van der Waals surface area (Å²) in [5, 5.41) is 40.0. The zero-order valence-electron chi connectivity index (χ0n) is 30.6. The molecule has 0 unspecified atom stereocenters. The fraction of sp³-hybridized carbons (Fsp3) is 0. The Morgan fingerprint density at radius 3 is 0.707 bits per heavy atom. The Morgan fingerprint density at radius 2 is 0.483 bits per heavy atom. The highest BCUT2D eigenvalue weighted by atomic mass is 16.4. The second kappa shape index (κ2) is 15.2. The zero-order valence-corrected chi connectivity index (χ0v) is 30.6. The van der Waals surface area contributed by atoms with Crippen molar-refractivity contribution < 1.29 is 39.6 Å². The highest BCUT2D eigenvalue weighted by Gasteiger charge is 2.16. The summed E-state index contributed by atoms with van der Waals surface area (Å²) in [6.45, 7) is 0. The molecule has 0 amide bonds. The smallest absolute Gasteiger partial charge is 0.335 e. The van der Waals surface area contributed by atoms with E-state index in [1.54, 1.807) is 97.1 Å². The molecule has 0 aliphatic heterocycles. The van der Waals surface area contributed by atoms with Crippen LogP contribution in [0.15, 0.2) is 170 Å². The van der Waals surface area contributed by atoms with Gasteiger partial charge in [0.05, 0.1) is 22.3 Å². The first-order valence-electron chi connectivity index (χ1n) is 18.2. The lowest BCUT2D eigenvalue weighted by Crippen LogP contribution is -1.96. The molecule has 0 bridgehead atoms. The van der Waals surface area contributed by atoms with E-state index in [1.807, 2.05) is 24.3 Å². The summed E-state index contributed by atoms with van der Waals surface area (Å²) in [6, 6.07) is 51.2. The van der Waals surface area contributed by atoms with Crippen LogP contribution >= 0.6 is 0 Å². The molecule has 8 nitrogen and oxygen atoms in total. The second-order valence-corrected chi connectivity index (χ2v) is 13.8. The van der Waals surface area contributed by atoms with E-state index < -0.39 is 23.9 Å². The number of aromatic carboxylic acids is 4. The normalized spacial score (nSPS) is 11.0. The maximum absolute atomic E-state index is 11.6. The van der Waals surface area contributed by atoms with Crippen molar-refractivity contribution in [3.05, 3.63) is 192 Å². The van der Waals surface area contributed by atoms with Crippen LogP contribution in [0.5, 0.6) is 0 Å². The standard InChI is InChI=1S/C50H32O8/c51-47(52)33-13-5-29(6-14-33)37-23-38(30-7-15-34(16-8-30)48(53)54)26-41(25-37)43-21-22-44(46-4-2-1-3-45(43)46)42-27-39(31-9-17-35(18-10-31)49(55)56)24-40(28-42)32-11-19-36(20-12-32)50(57)58/h1-28H,(H,51,52)(H,53,54)(H,55,56)(H,57,58). The Morgan fingerprint density at radius 1 is 0.259 bits per heavy atom. The molecule has 0 aliphatic carbocycles. The van der Waals surface area contributed by atoms with Gasteiger partial charge >= 0.3 is 23.9 Å². The highest BCUT2D eigenvalue weighted by molar-refractivity contribution is 6.06. The van der Waals surface area contributed by atoms with Gasteiger partial charge in [-0.15, -0.1) is 0 Å². The van der Waals surface area contributed by atoms with E-state index in [2.05, 4.69) is 48.5 Å². The molecule has 0 aromatic heterocycles. The Kier molecular flexibility index (Phi) is 9.66. The molecule has 0 radical (unpaired) electrons. The van der Waals surface area contributed by atoms with Gasteiger partial charge in [0, 0.05) is 0 Å². The largest absolute Gasteiger partial charge is 0.478 e. The van der Waals surface area contributed by atoms with Crippen LogP contribution in [-0.2, 0) is 0 Å². The number of rotatable bonds is 10. The van der Waals surface area contributed by atoms with Crippen molar-refractivity contribution in [1.29, 1.82) is 0 Å². The topological polar surface area (TPSA) is 149 Å². The maximum atomic E-state index is 11.6. The minimum Gasteiger partial charge on any atom is -0.478 e. The van der Waals surface area contributed by atoms with Gasteiger partial charge in [-0.1, -0.05) is 84.9 Å². The monoisotopic (exact) mass is 760 g/mol. The van der Waals surface area contributed by atoms with Crippen LogP contribution in [0.25, 0.3) is 77.5 Å². The number of carbonyl (C=O) groups is 4. The summed E-state index contributed by atoms with van der Waals surface area (Å²) in [7, 11) is 0. The van der Waals surface area contributed by atoms with E-state index in [4.69, 9.17) is 0 Å². The third-order valence-electron chi connectivity index (χ3n) is 10.3. The lowest BCUT2D eigenvalue weighted by atomic mass is 9.87. The summed E-state index contributed by atoms with van der Waals surface area (Å²) in [6.07, 6.45) is 0. The molecule has 8 aromatic rings. The summed E-state index contributed by atoms with van der Waals surface area (Å²) in [5.74, 6) is -4.07. The van der Waals surface area contributed by atoms with E-state index in [0.717, 1.165) is 77.5 Å². The van der Waals surface area contributed by atoms with Crippen LogP contribution in [0.2, 0.25) is 0 Å². The number of carboxylic acids is 4. The van der Waals surface area contributed by atoms with E-state index in [0.29, 0.717) is 0 Å². The van der Waals surface area contributed by atoms with Gasteiger partial charge in [-0.05, 0) is 162 Å². The zero-order chi connectivity index (χ0) is 40.5. The average Bonchev–Trinajstić information content (AvgIpc) is 3.25. The minimum absolute atomic E-state index is 0.174. The SMILES string of the molecule is O=C(O)c1ccc(-c2cc(-c3ccc(C(=O)O)cc3)cc(-c3ccc(-c4cc(-c5ccc(C(=O)O)cc5)cc(-c5ccc(C(=O)O)cc5)c4)c4ccccc34)c2)cc1. The third-order valence-corrected chi connectivity index (χ3v) is 10.3. The average molecular weight is 761 g/mol. The lowest BCUT2D eigenvalue weighted by Gasteiger charge is -2.17. The molecular weight excluding hydrogens is 729 g/mol. The number of hydrogen-bond acceptors (Lipinski definition) is 4. The van der Waals surface area contributed by atoms with Gasteiger partial charge in [0.25, 0.3) is 0 Å². The minimum atomic E-state index is -1.02. The number of carboxylic acid groups (broad SMARTS) is 4. The van der Waals surface area contributed by atoms with E-state index in [9.17, 15) is 39.6 Å². The predicted molar refractivity (Wildman–Crippen MR) is 224 cm³/mol. The van der Waals surface area contributed by atoms with Crippen molar-refractivity contribution in [3.8, 4) is 66.8 Å². The molecule has 0 spiro atoms. The molecule has 58 heavy (non-hydrogen) atoms. The Labute approximate surface area is 332 Å². The van der Waals surface area contributed by atoms with Crippen molar-refractivity contribution in [2.75, 3.05) is 0 Å². The molecule has 0 saturated heterocycles. The van der Waals surface area contributed by atoms with E-state index in [-0.39, 0.29) is 22.3 Å². The number of fused-ring (bicyclic) bond motifs is 1. The van der Waals surface area contributed by atoms with Gasteiger partial charge in [0.1, 0.15) is 0 Å². The molecule has 4 N–H and O–H groups in total. The molecule has 8 rings (SSSR count). The van der Waals surface area contributed by atoms with Gasteiger partial charge < -0.3 is 20.4 Å². The highest BCUT2D eigenvalue weighted by Crippen LogP contribution is 2.41. The Hall–Kier alpha value is -8.10. The first kappa shape index (κ1) is 36.9. The van der Waals surface area contributed by atoms with Crippen molar-refractivity contribution >= 4 is 34.6 Å². The van der Waals surface area contributed by atoms with Crippen LogP contribution in [0.1, 0.15) is 41.4 Å². The van der Waals surface area contributed by atoms with Crippen LogP contribution in [0, 0.1) is 0 Å². The molecule has 8 heteroatoms. The molecule has 0 atom stereocenters. The van der Waals surface area contributed by atoms with E-state index >= 15 is 0 Å². The van der Waals surface area contributed by atoms with Crippen molar-refractivity contribution in [1.82, 2.24) is 0 Å². The van der Waals surface area contributed by atoms with Crippen molar-refractivity contribution in [2.45, 2.75) is 0 Å². The van der Waals surface area contributed by atoms with Gasteiger partial charge in [0.2, 0.25) is 0 Å². The predicted octanol–water partition coefficient (Wildman–Crippen LogP) is 11.6. The van der Waals surface area contributed by atoms with E-state index in [1.165, 1.54) is 0 Å². The summed E-state index contributed by atoms with van der Waals surface area (Å²) in [5.41, 5.74) is 11.0. The molecule has 0 fully saturated rings. The fourth-order valence-corrected chi connectivity index (χ4v) is 7.26. The summed E-state index contributed by atoms with van der Waals surface area (Å²) < 4.78 is 0. The lowest BCUT2D eigenvalue weighted by molar-refractivity contribution is 0.0686. The number of hydrogen-bond donors (Lipinski definition) is 4. The molecular formula is C50H32O8. The van der Waals surface area contributed by atoms with Crippen molar-refractivity contribution in [2.24, 2.45) is 0 Å². The van der Waals surface area contributed by atoms with Crippen LogP contribution in [0.4, 0.5) is 0 Å². The quantitative estimate of drug-likeness (QED) is 0.108. The number of benzene rings is 8. The van der Waals surface area contributed by atoms with Gasteiger partial charge in [-0.25, -0.2) is 19.2 Å².